The van der Waals surface area contributed by atoms with Gasteiger partial charge < -0.3 is 4.90 Å². The molecule has 0 saturated heterocycles. The molecular weight excluding hydrogens is 743 g/mol. The zero-order chi connectivity index (χ0) is 39.6. The first-order valence-corrected chi connectivity index (χ1v) is 21.4. The van der Waals surface area contributed by atoms with Crippen LogP contribution >= 0.6 is 11.3 Å². The zero-order valence-corrected chi connectivity index (χ0v) is 33.5. The lowest BCUT2D eigenvalue weighted by molar-refractivity contribution is 1.28. The minimum atomic E-state index is 1.10. The SMILES string of the molecule is c1cc(-c2cccc3ccccc23)cc(N(c2ccc(-c3ccc4c5ccccc5c5ccccc5c4c3)cc2)c2ccc(-c3cccc4sc5ccccc5c34)cc2)c1. The molecule has 0 aliphatic rings. The Kier molecular flexibility index (Phi) is 8.11. The highest BCUT2D eigenvalue weighted by Gasteiger charge is 2.17. The van der Waals surface area contributed by atoms with E-state index >= 15 is 0 Å². The van der Waals surface area contributed by atoms with E-state index in [9.17, 15) is 0 Å². The van der Waals surface area contributed by atoms with E-state index < -0.39 is 0 Å². The lowest BCUT2D eigenvalue weighted by Gasteiger charge is -2.26. The molecule has 0 saturated carbocycles. The molecule has 0 atom stereocenters. The van der Waals surface area contributed by atoms with Crippen molar-refractivity contribution < 1.29 is 0 Å². The van der Waals surface area contributed by atoms with Crippen molar-refractivity contribution in [3.8, 4) is 33.4 Å². The first-order chi connectivity index (χ1) is 29.7. The molecule has 1 nitrogen and oxygen atoms in total. The molecule has 0 amide bonds. The Morgan fingerprint density at radius 1 is 0.267 bits per heavy atom. The third-order valence-electron chi connectivity index (χ3n) is 12.2. The highest BCUT2D eigenvalue weighted by molar-refractivity contribution is 7.25. The van der Waals surface area contributed by atoms with Crippen molar-refractivity contribution in [1.82, 2.24) is 0 Å². The molecule has 0 bridgehead atoms. The van der Waals surface area contributed by atoms with Crippen LogP contribution in [0, 0.1) is 0 Å². The molecule has 0 aliphatic carbocycles. The van der Waals surface area contributed by atoms with Crippen molar-refractivity contribution in [3.05, 3.63) is 224 Å². The molecule has 0 radical (unpaired) electrons. The maximum atomic E-state index is 2.39. The molecule has 280 valence electrons. The molecule has 12 rings (SSSR count). The van der Waals surface area contributed by atoms with Crippen LogP contribution in [0.15, 0.2) is 224 Å². The third-order valence-corrected chi connectivity index (χ3v) is 13.4. The quantitative estimate of drug-likeness (QED) is 0.152. The molecule has 1 aromatic heterocycles. The second kappa shape index (κ2) is 14.1. The molecule has 0 spiro atoms. The summed E-state index contributed by atoms with van der Waals surface area (Å²) in [7, 11) is 0. The highest BCUT2D eigenvalue weighted by Crippen LogP contribution is 2.43. The molecule has 60 heavy (non-hydrogen) atoms. The highest BCUT2D eigenvalue weighted by atomic mass is 32.1. The van der Waals surface area contributed by atoms with Gasteiger partial charge in [0.2, 0.25) is 0 Å². The second-order valence-electron chi connectivity index (χ2n) is 15.6. The minimum Gasteiger partial charge on any atom is -0.310 e. The number of hydrogen-bond acceptors (Lipinski definition) is 2. The van der Waals surface area contributed by atoms with E-state index in [0.29, 0.717) is 0 Å². The van der Waals surface area contributed by atoms with Crippen molar-refractivity contribution in [2.75, 3.05) is 4.90 Å². The van der Waals surface area contributed by atoms with Gasteiger partial charge in [-0.05, 0) is 131 Å². The van der Waals surface area contributed by atoms with E-state index in [1.165, 1.54) is 96.6 Å². The van der Waals surface area contributed by atoms with Gasteiger partial charge in [-0.2, -0.15) is 0 Å². The second-order valence-corrected chi connectivity index (χ2v) is 16.7. The van der Waals surface area contributed by atoms with Gasteiger partial charge >= 0.3 is 0 Å². The number of nitrogens with zero attached hydrogens (tertiary/aromatic N) is 1. The maximum Gasteiger partial charge on any atom is 0.0467 e. The van der Waals surface area contributed by atoms with Crippen LogP contribution in [0.2, 0.25) is 0 Å². The average molecular weight is 780 g/mol. The summed E-state index contributed by atoms with van der Waals surface area (Å²) >= 11 is 1.87. The molecule has 0 unspecified atom stereocenters. The van der Waals surface area contributed by atoms with E-state index in [0.717, 1.165) is 17.1 Å². The Hall–Kier alpha value is -7.52. The summed E-state index contributed by atoms with van der Waals surface area (Å²) in [6, 6.07) is 82.5. The van der Waals surface area contributed by atoms with Crippen molar-refractivity contribution >= 4 is 91.7 Å². The molecule has 0 aliphatic heterocycles. The van der Waals surface area contributed by atoms with Gasteiger partial charge in [-0.1, -0.05) is 170 Å². The van der Waals surface area contributed by atoms with E-state index in [-0.39, 0.29) is 0 Å². The largest absolute Gasteiger partial charge is 0.310 e. The fourth-order valence-electron chi connectivity index (χ4n) is 9.43. The predicted molar refractivity (Wildman–Crippen MR) is 260 cm³/mol. The number of anilines is 3. The third kappa shape index (κ3) is 5.68. The van der Waals surface area contributed by atoms with Crippen LogP contribution in [0.3, 0.4) is 0 Å². The van der Waals surface area contributed by atoms with Gasteiger partial charge in [0.1, 0.15) is 0 Å². The summed E-state index contributed by atoms with van der Waals surface area (Å²) in [6.07, 6.45) is 0. The molecular formula is C58H37NS. The van der Waals surface area contributed by atoms with Gasteiger partial charge in [0, 0.05) is 37.2 Å². The van der Waals surface area contributed by atoms with Gasteiger partial charge in [0.15, 0.2) is 0 Å². The summed E-state index contributed by atoms with van der Waals surface area (Å²) in [4.78, 5) is 2.39. The van der Waals surface area contributed by atoms with Crippen molar-refractivity contribution in [3.63, 3.8) is 0 Å². The topological polar surface area (TPSA) is 3.24 Å². The van der Waals surface area contributed by atoms with Crippen molar-refractivity contribution in [2.24, 2.45) is 0 Å². The normalized spacial score (nSPS) is 11.7. The van der Waals surface area contributed by atoms with Crippen molar-refractivity contribution in [1.29, 1.82) is 0 Å². The van der Waals surface area contributed by atoms with E-state index in [2.05, 4.69) is 229 Å². The predicted octanol–water partition coefficient (Wildman–Crippen LogP) is 17.1. The van der Waals surface area contributed by atoms with Crippen LogP contribution in [0.25, 0.3) is 96.6 Å². The standard InChI is InChI=1S/C58H37NS/c1-2-16-46-39(12-1)13-10-22-47(46)42-14-9-15-45(36-42)59(44-33-28-40(29-34-44)48-23-11-25-57-58(48)54-21-7-8-24-56(54)60-57)43-31-26-38(27-32-43)41-30-35-53-51-19-4-3-17-49(51)50-18-5-6-20-52(50)55(53)37-41/h1-37H. The van der Waals surface area contributed by atoms with Crippen LogP contribution in [-0.4, -0.2) is 0 Å². The van der Waals surface area contributed by atoms with Crippen LogP contribution in [0.1, 0.15) is 0 Å². The monoisotopic (exact) mass is 779 g/mol. The summed E-state index contributed by atoms with van der Waals surface area (Å²) in [5.41, 5.74) is 10.6. The minimum absolute atomic E-state index is 1.10. The molecule has 2 heteroatoms. The van der Waals surface area contributed by atoms with E-state index in [4.69, 9.17) is 0 Å². The average Bonchev–Trinajstić information content (AvgIpc) is 3.71. The molecule has 11 aromatic carbocycles. The molecule has 12 aromatic rings. The summed E-state index contributed by atoms with van der Waals surface area (Å²) in [5.74, 6) is 0. The van der Waals surface area contributed by atoms with E-state index in [1.807, 2.05) is 11.3 Å². The van der Waals surface area contributed by atoms with Gasteiger partial charge in [0.05, 0.1) is 0 Å². The van der Waals surface area contributed by atoms with Gasteiger partial charge in [-0.25, -0.2) is 0 Å². The van der Waals surface area contributed by atoms with Crippen LogP contribution in [0.5, 0.6) is 0 Å². The number of thiophene rings is 1. The molecule has 0 N–H and O–H groups in total. The van der Waals surface area contributed by atoms with E-state index in [1.54, 1.807) is 0 Å². The van der Waals surface area contributed by atoms with Crippen LogP contribution < -0.4 is 4.90 Å². The Morgan fingerprint density at radius 2 is 0.783 bits per heavy atom. The Labute approximate surface area is 352 Å². The number of hydrogen-bond donors (Lipinski definition) is 0. The van der Waals surface area contributed by atoms with Gasteiger partial charge in [-0.15, -0.1) is 11.3 Å². The van der Waals surface area contributed by atoms with Crippen LogP contribution in [-0.2, 0) is 0 Å². The Balaban J connectivity index is 0.979. The summed E-state index contributed by atoms with van der Waals surface area (Å²) in [5, 5.41) is 12.9. The fourth-order valence-corrected chi connectivity index (χ4v) is 10.6. The molecule has 1 heterocycles. The van der Waals surface area contributed by atoms with Crippen LogP contribution in [0.4, 0.5) is 17.1 Å². The lowest BCUT2D eigenvalue weighted by Crippen LogP contribution is -2.10. The Morgan fingerprint density at radius 3 is 1.52 bits per heavy atom. The maximum absolute atomic E-state index is 2.39. The zero-order valence-electron chi connectivity index (χ0n) is 32.7. The first kappa shape index (κ1) is 34.5. The summed E-state index contributed by atoms with van der Waals surface area (Å²) in [6.45, 7) is 0. The van der Waals surface area contributed by atoms with Gasteiger partial charge in [0.25, 0.3) is 0 Å². The first-order valence-electron chi connectivity index (χ1n) is 20.6. The number of benzene rings is 11. The lowest BCUT2D eigenvalue weighted by atomic mass is 9.92. The fraction of sp³-hybridized carbons (Fsp3) is 0. The van der Waals surface area contributed by atoms with Gasteiger partial charge in [-0.3, -0.25) is 0 Å². The van der Waals surface area contributed by atoms with Crippen molar-refractivity contribution in [2.45, 2.75) is 0 Å². The smallest absolute Gasteiger partial charge is 0.0467 e. The number of fused-ring (bicyclic) bond motifs is 10. The number of rotatable bonds is 6. The summed E-state index contributed by atoms with van der Waals surface area (Å²) < 4.78 is 2.64. The molecule has 0 fully saturated rings. The Bertz CT molecular complexity index is 3560.